The molecule has 168 valence electrons. The molecular weight excluding hydrogens is 442 g/mol. The summed E-state index contributed by atoms with van der Waals surface area (Å²) in [6, 6.07) is 24.5. The molecule has 5 nitrogen and oxygen atoms in total. The number of benzene rings is 3. The molecule has 0 radical (unpaired) electrons. The number of nitrogens with one attached hydrogen (secondary N) is 1. The zero-order chi connectivity index (χ0) is 24.2. The Labute approximate surface area is 201 Å². The average Bonchev–Trinajstić information content (AvgIpc) is 3.13. The van der Waals surface area contributed by atoms with Gasteiger partial charge in [0.05, 0.1) is 10.2 Å². The quantitative estimate of drug-likeness (QED) is 0.496. The number of nitrogens with zero attached hydrogens (tertiary/aromatic N) is 2. The number of nitriles is 1. The topological polar surface area (TPSA) is 74.9 Å². The first-order valence-electron chi connectivity index (χ1n) is 10.8. The van der Waals surface area contributed by atoms with Crippen LogP contribution in [0.2, 0.25) is 0 Å². The molecule has 4 aromatic rings. The van der Waals surface area contributed by atoms with Crippen LogP contribution in [-0.4, -0.2) is 10.5 Å². The van der Waals surface area contributed by atoms with E-state index in [1.807, 2.05) is 93.6 Å². The van der Waals surface area contributed by atoms with Gasteiger partial charge in [-0.1, -0.05) is 59.7 Å². The van der Waals surface area contributed by atoms with Gasteiger partial charge in [-0.3, -0.25) is 14.2 Å². The molecule has 1 aromatic heterocycles. The second kappa shape index (κ2) is 9.74. The summed E-state index contributed by atoms with van der Waals surface area (Å²) in [7, 11) is 0. The lowest BCUT2D eigenvalue weighted by atomic mass is 10.1. The molecule has 1 heterocycles. The zero-order valence-electron chi connectivity index (χ0n) is 19.1. The molecule has 6 heteroatoms. The lowest BCUT2D eigenvalue weighted by Crippen LogP contribution is -2.32. The third-order valence-electron chi connectivity index (χ3n) is 5.45. The summed E-state index contributed by atoms with van der Waals surface area (Å²) in [5.41, 5.74) is 4.83. The molecule has 1 amide bonds. The number of thiazole rings is 1. The van der Waals surface area contributed by atoms with Gasteiger partial charge < -0.3 is 5.32 Å². The van der Waals surface area contributed by atoms with Crippen LogP contribution in [0.3, 0.4) is 0 Å². The van der Waals surface area contributed by atoms with Gasteiger partial charge in [-0.05, 0) is 62.2 Å². The van der Waals surface area contributed by atoms with Gasteiger partial charge in [0.15, 0.2) is 5.57 Å². The van der Waals surface area contributed by atoms with E-state index in [0.717, 1.165) is 33.6 Å². The highest BCUT2D eigenvalue weighted by molar-refractivity contribution is 7.07. The van der Waals surface area contributed by atoms with Crippen molar-refractivity contribution in [2.75, 3.05) is 5.32 Å². The van der Waals surface area contributed by atoms with Crippen LogP contribution in [0.15, 0.2) is 77.6 Å². The predicted octanol–water partition coefficient (Wildman–Crippen LogP) is 3.97. The molecule has 0 atom stereocenters. The Bertz CT molecular complexity index is 1590. The van der Waals surface area contributed by atoms with Crippen LogP contribution in [0.5, 0.6) is 0 Å². The molecule has 0 unspecified atom stereocenters. The van der Waals surface area contributed by atoms with Gasteiger partial charge in [0.25, 0.3) is 11.5 Å². The van der Waals surface area contributed by atoms with E-state index < -0.39 is 5.91 Å². The van der Waals surface area contributed by atoms with Gasteiger partial charge in [-0.25, -0.2) is 0 Å². The van der Waals surface area contributed by atoms with E-state index in [4.69, 9.17) is 0 Å². The maximum absolute atomic E-state index is 13.5. The lowest BCUT2D eigenvalue weighted by molar-refractivity contribution is -0.111. The van der Waals surface area contributed by atoms with Crippen molar-refractivity contribution in [3.05, 3.63) is 115 Å². The maximum Gasteiger partial charge on any atom is 0.273 e. The minimum Gasteiger partial charge on any atom is -0.321 e. The first-order valence-corrected chi connectivity index (χ1v) is 11.6. The van der Waals surface area contributed by atoms with E-state index in [9.17, 15) is 14.9 Å². The average molecular weight is 466 g/mol. The molecule has 0 bridgehead atoms. The number of carbonyl (C=O) groups excluding carboxylic acids is 1. The van der Waals surface area contributed by atoms with Gasteiger partial charge in [-0.15, -0.1) is 11.3 Å². The Balaban J connectivity index is 1.96. The first kappa shape index (κ1) is 23.0. The fourth-order valence-electron chi connectivity index (χ4n) is 3.49. The summed E-state index contributed by atoms with van der Waals surface area (Å²) in [6.07, 6.45) is 1.81. The van der Waals surface area contributed by atoms with Crippen molar-refractivity contribution < 1.29 is 4.79 Å². The standard InChI is InChI=1S/C28H23N3O2S/c1-18-8-12-22(13-9-18)30-26(32)24(17-29)28-31(23-14-10-19(2)11-15-23)27(33)25(34-28)16-21-7-5-4-6-20(21)3/h4-16H,1-3H3,(H,30,32)/b25-16+,28-24-. The van der Waals surface area contributed by atoms with Crippen molar-refractivity contribution in [3.63, 3.8) is 0 Å². The minimum absolute atomic E-state index is 0.118. The highest BCUT2D eigenvalue weighted by Gasteiger charge is 2.17. The first-order chi connectivity index (χ1) is 16.4. The highest BCUT2D eigenvalue weighted by Crippen LogP contribution is 2.12. The van der Waals surface area contributed by atoms with Crippen LogP contribution in [0.4, 0.5) is 5.69 Å². The van der Waals surface area contributed by atoms with Crippen LogP contribution in [0, 0.1) is 32.1 Å². The molecule has 0 fully saturated rings. The van der Waals surface area contributed by atoms with Gasteiger partial charge in [0.2, 0.25) is 0 Å². The lowest BCUT2D eigenvalue weighted by Gasteiger charge is -2.06. The summed E-state index contributed by atoms with van der Waals surface area (Å²) in [5.74, 6) is -0.559. The van der Waals surface area contributed by atoms with Crippen molar-refractivity contribution in [2.24, 2.45) is 0 Å². The van der Waals surface area contributed by atoms with E-state index in [-0.39, 0.29) is 11.1 Å². The Kier molecular flexibility index (Phi) is 6.58. The Morgan fingerprint density at radius 1 is 0.941 bits per heavy atom. The summed E-state index contributed by atoms with van der Waals surface area (Å²) < 4.78 is 2.18. The number of aryl methyl sites for hydroxylation is 3. The molecule has 0 aliphatic carbocycles. The van der Waals surface area contributed by atoms with Crippen LogP contribution in [-0.2, 0) is 4.79 Å². The molecule has 0 saturated heterocycles. The largest absolute Gasteiger partial charge is 0.321 e. The maximum atomic E-state index is 13.5. The number of anilines is 1. The second-order valence-corrected chi connectivity index (χ2v) is 9.09. The summed E-state index contributed by atoms with van der Waals surface area (Å²) in [6.45, 7) is 5.89. The van der Waals surface area contributed by atoms with Gasteiger partial charge >= 0.3 is 0 Å². The van der Waals surface area contributed by atoms with Gasteiger partial charge in [-0.2, -0.15) is 5.26 Å². The molecule has 0 saturated carbocycles. The smallest absolute Gasteiger partial charge is 0.273 e. The van der Waals surface area contributed by atoms with Crippen molar-refractivity contribution in [3.8, 4) is 11.8 Å². The molecule has 34 heavy (non-hydrogen) atoms. The third-order valence-corrected chi connectivity index (χ3v) is 6.55. The number of rotatable bonds is 4. The molecule has 1 N–H and O–H groups in total. The number of hydrogen-bond donors (Lipinski definition) is 1. The predicted molar refractivity (Wildman–Crippen MR) is 137 cm³/mol. The molecule has 0 spiro atoms. The molecular formula is C28H23N3O2S. The number of carbonyl (C=O) groups is 1. The molecule has 3 aromatic carbocycles. The van der Waals surface area contributed by atoms with E-state index in [2.05, 4.69) is 5.32 Å². The Morgan fingerprint density at radius 3 is 2.18 bits per heavy atom. The summed E-state index contributed by atoms with van der Waals surface area (Å²) in [5, 5.41) is 12.7. The van der Waals surface area contributed by atoms with Gasteiger partial charge in [0, 0.05) is 5.69 Å². The van der Waals surface area contributed by atoms with E-state index in [0.29, 0.717) is 20.6 Å². The van der Waals surface area contributed by atoms with E-state index in [1.54, 1.807) is 12.1 Å². The van der Waals surface area contributed by atoms with Crippen molar-refractivity contribution >= 4 is 34.6 Å². The zero-order valence-corrected chi connectivity index (χ0v) is 19.9. The summed E-state index contributed by atoms with van der Waals surface area (Å²) >= 11 is 1.14. The van der Waals surface area contributed by atoms with Crippen LogP contribution in [0.1, 0.15) is 22.3 Å². The fraction of sp³-hybridized carbons (Fsp3) is 0.107. The van der Waals surface area contributed by atoms with Crippen molar-refractivity contribution in [1.29, 1.82) is 5.26 Å². The SMILES string of the molecule is Cc1ccc(NC(=O)/C(C#N)=c2\s/c(=C/c3ccccc3C)c(=O)n2-c2ccc(C)cc2)cc1. The molecule has 0 aliphatic heterocycles. The van der Waals surface area contributed by atoms with E-state index in [1.165, 1.54) is 4.57 Å². The van der Waals surface area contributed by atoms with Crippen molar-refractivity contribution in [1.82, 2.24) is 4.57 Å². The number of aromatic nitrogens is 1. The Hall–Kier alpha value is -4.21. The number of amides is 1. The van der Waals surface area contributed by atoms with Crippen LogP contribution >= 0.6 is 11.3 Å². The monoisotopic (exact) mass is 465 g/mol. The van der Waals surface area contributed by atoms with Crippen molar-refractivity contribution in [2.45, 2.75) is 20.8 Å². The number of hydrogen-bond acceptors (Lipinski definition) is 4. The third kappa shape index (κ3) is 4.75. The molecule has 0 aliphatic rings. The Morgan fingerprint density at radius 2 is 1.56 bits per heavy atom. The fourth-order valence-corrected chi connectivity index (χ4v) is 4.59. The van der Waals surface area contributed by atoms with Crippen LogP contribution in [0.25, 0.3) is 17.3 Å². The summed E-state index contributed by atoms with van der Waals surface area (Å²) in [4.78, 5) is 26.6. The van der Waals surface area contributed by atoms with Gasteiger partial charge in [0.1, 0.15) is 10.7 Å². The normalized spacial score (nSPS) is 12.2. The van der Waals surface area contributed by atoms with E-state index >= 15 is 0 Å². The minimum atomic E-state index is -0.559. The highest BCUT2D eigenvalue weighted by atomic mass is 32.1. The van der Waals surface area contributed by atoms with Crippen LogP contribution < -0.4 is 20.1 Å². The molecule has 4 rings (SSSR count). The second-order valence-electron chi connectivity index (χ2n) is 8.06.